The van der Waals surface area contributed by atoms with Crippen LogP contribution in [0.2, 0.25) is 0 Å². The molecule has 0 spiro atoms. The molecule has 0 aliphatic carbocycles. The van der Waals surface area contributed by atoms with Gasteiger partial charge in [0.05, 0.1) is 34.4 Å². The Morgan fingerprint density at radius 3 is 1.05 bits per heavy atom. The van der Waals surface area contributed by atoms with Gasteiger partial charge in [0.2, 0.25) is 0 Å². The first-order chi connectivity index (χ1) is 38.6. The molecule has 0 saturated carbocycles. The maximum Gasteiger partial charge on any atom is 0.361 e. The first-order valence-corrected chi connectivity index (χ1v) is 30.3. The number of carboxylic acids is 1. The number of ether oxygens (including phenoxy) is 4. The van der Waals surface area contributed by atoms with Crippen LogP contribution in [0.4, 0.5) is 0 Å². The van der Waals surface area contributed by atoms with Gasteiger partial charge in [0, 0.05) is 12.8 Å². The van der Waals surface area contributed by atoms with Gasteiger partial charge in [-0.05, 0) is 122 Å². The first kappa shape index (κ1) is 73.7. The van der Waals surface area contributed by atoms with Crippen LogP contribution in [0, 0.1) is 0 Å². The smallest absolute Gasteiger partial charge is 0.361 e. The zero-order chi connectivity index (χ0) is 57.6. The standard InChI is InChI=1S/C70H109NO8/c1-6-8-10-12-14-16-18-20-22-24-26-28-30-32-33-34-35-37-39-41-43-45-47-49-51-53-55-57-59-61-68(73)79-66(65-78-70(69(74)75)76-63-62-71(3,4)5)64-77-67(72)60-58-56-54-52-50-48-46-44-42-40-38-36-31-29-27-25-23-21-19-17-15-13-11-9-7-2/h8-11,14-17,20-23,26-29,32-33,35-38,41,43,47,49,53,55,66,70H,6-7,12-13,18-19,24-25,30-31,34,39-40,42,44-46,48,50-52,54,56-65H2,1-5H3/p+1/b10-8-,11-9-,16-14-,17-15-,22-20-,23-21-,28-26-,29-27-,33-32-,37-35-,38-36-,43-41-,49-47-,55-53-. The second-order valence-corrected chi connectivity index (χ2v) is 20.5. The quantitative estimate of drug-likeness (QED) is 0.0211. The average Bonchev–Trinajstić information content (AvgIpc) is 3.42. The summed E-state index contributed by atoms with van der Waals surface area (Å²) in [7, 11) is 5.93. The van der Waals surface area contributed by atoms with E-state index in [-0.39, 0.29) is 38.6 Å². The minimum absolute atomic E-state index is 0.165. The fraction of sp³-hybridized carbons (Fsp3) is 0.557. The molecule has 0 aromatic heterocycles. The molecule has 1 N–H and O–H groups in total. The van der Waals surface area contributed by atoms with E-state index in [0.29, 0.717) is 23.9 Å². The van der Waals surface area contributed by atoms with Gasteiger partial charge >= 0.3 is 17.9 Å². The van der Waals surface area contributed by atoms with E-state index in [9.17, 15) is 19.5 Å². The van der Waals surface area contributed by atoms with Crippen LogP contribution in [-0.4, -0.2) is 87.4 Å². The van der Waals surface area contributed by atoms with Crippen LogP contribution < -0.4 is 0 Å². The van der Waals surface area contributed by atoms with Crippen LogP contribution in [0.3, 0.4) is 0 Å². The number of quaternary nitrogens is 1. The molecule has 9 nitrogen and oxygen atoms in total. The van der Waals surface area contributed by atoms with Gasteiger partial charge < -0.3 is 28.5 Å². The van der Waals surface area contributed by atoms with E-state index >= 15 is 0 Å². The van der Waals surface area contributed by atoms with Crippen molar-refractivity contribution in [1.29, 1.82) is 0 Å². The molecule has 0 radical (unpaired) electrons. The molecular weight excluding hydrogens is 983 g/mol. The van der Waals surface area contributed by atoms with E-state index in [2.05, 4.69) is 184 Å². The highest BCUT2D eigenvalue weighted by molar-refractivity contribution is 5.71. The third-order valence-corrected chi connectivity index (χ3v) is 12.0. The van der Waals surface area contributed by atoms with E-state index in [1.807, 2.05) is 21.1 Å². The Morgan fingerprint density at radius 2 is 0.696 bits per heavy atom. The third kappa shape index (κ3) is 60.1. The molecule has 0 rings (SSSR count). The summed E-state index contributed by atoms with van der Waals surface area (Å²) >= 11 is 0. The summed E-state index contributed by atoms with van der Waals surface area (Å²) in [6, 6.07) is 0. The monoisotopic (exact) mass is 1090 g/mol. The van der Waals surface area contributed by atoms with Crippen LogP contribution in [0.25, 0.3) is 0 Å². The number of hydrogen-bond donors (Lipinski definition) is 1. The van der Waals surface area contributed by atoms with Crippen molar-refractivity contribution in [2.45, 2.75) is 206 Å². The van der Waals surface area contributed by atoms with Gasteiger partial charge in [0.15, 0.2) is 6.10 Å². The molecule has 0 saturated heterocycles. The van der Waals surface area contributed by atoms with Gasteiger partial charge in [-0.1, -0.05) is 229 Å². The highest BCUT2D eigenvalue weighted by atomic mass is 16.7. The summed E-state index contributed by atoms with van der Waals surface area (Å²) < 4.78 is 22.8. The van der Waals surface area contributed by atoms with Gasteiger partial charge in [-0.2, -0.15) is 0 Å². The van der Waals surface area contributed by atoms with Crippen LogP contribution in [0.5, 0.6) is 0 Å². The van der Waals surface area contributed by atoms with Crippen molar-refractivity contribution >= 4 is 17.9 Å². The number of carboxylic acid groups (broad SMARTS) is 1. The number of nitrogens with zero attached hydrogens (tertiary/aromatic N) is 1. The topological polar surface area (TPSA) is 108 Å². The largest absolute Gasteiger partial charge is 0.477 e. The number of likely N-dealkylation sites (N-methyl/N-ethyl adjacent to an activating group) is 1. The van der Waals surface area contributed by atoms with Crippen molar-refractivity contribution in [2.24, 2.45) is 0 Å². The molecular formula is C70H110NO8+. The Bertz CT molecular complexity index is 1900. The molecule has 2 atom stereocenters. The maximum absolute atomic E-state index is 12.9. The van der Waals surface area contributed by atoms with Gasteiger partial charge in [0.1, 0.15) is 13.2 Å². The Labute approximate surface area is 482 Å². The van der Waals surface area contributed by atoms with Crippen molar-refractivity contribution in [2.75, 3.05) is 47.5 Å². The number of aliphatic carboxylic acids is 1. The van der Waals surface area contributed by atoms with Crippen LogP contribution in [-0.2, 0) is 33.3 Å². The fourth-order valence-electron chi connectivity index (χ4n) is 7.39. The van der Waals surface area contributed by atoms with Crippen molar-refractivity contribution in [3.05, 3.63) is 170 Å². The molecule has 442 valence electrons. The van der Waals surface area contributed by atoms with E-state index in [4.69, 9.17) is 18.9 Å². The summed E-state index contributed by atoms with van der Waals surface area (Å²) in [6.45, 7) is 4.54. The van der Waals surface area contributed by atoms with Gasteiger partial charge in [-0.15, -0.1) is 0 Å². The molecule has 2 unspecified atom stereocenters. The Hall–Kier alpha value is -5.35. The van der Waals surface area contributed by atoms with E-state index in [0.717, 1.165) is 122 Å². The molecule has 0 aliphatic heterocycles. The van der Waals surface area contributed by atoms with E-state index in [1.54, 1.807) is 0 Å². The van der Waals surface area contributed by atoms with Crippen LogP contribution in [0.15, 0.2) is 170 Å². The lowest BCUT2D eigenvalue weighted by atomic mass is 10.1. The Balaban J connectivity index is 4.40. The third-order valence-electron chi connectivity index (χ3n) is 12.0. The molecule has 0 aliphatic rings. The minimum Gasteiger partial charge on any atom is -0.477 e. The first-order valence-electron chi connectivity index (χ1n) is 30.3. The van der Waals surface area contributed by atoms with Gasteiger partial charge in [0.25, 0.3) is 6.29 Å². The summed E-state index contributed by atoms with van der Waals surface area (Å²) in [5.74, 6) is -2.12. The van der Waals surface area contributed by atoms with Gasteiger partial charge in [-0.3, -0.25) is 9.59 Å². The Kier molecular flexibility index (Phi) is 54.8. The molecule has 0 aromatic rings. The highest BCUT2D eigenvalue weighted by Gasteiger charge is 2.25. The van der Waals surface area contributed by atoms with Crippen molar-refractivity contribution in [3.63, 3.8) is 0 Å². The number of allylic oxidation sites excluding steroid dienone is 28. The van der Waals surface area contributed by atoms with E-state index in [1.165, 1.54) is 32.1 Å². The number of carbonyl (C=O) groups excluding carboxylic acids is 2. The van der Waals surface area contributed by atoms with E-state index < -0.39 is 24.3 Å². The highest BCUT2D eigenvalue weighted by Crippen LogP contribution is 2.13. The summed E-state index contributed by atoms with van der Waals surface area (Å²) in [4.78, 5) is 37.5. The lowest BCUT2D eigenvalue weighted by molar-refractivity contribution is -0.870. The summed E-state index contributed by atoms with van der Waals surface area (Å²) in [6.07, 6.45) is 85.8. The molecule has 0 fully saturated rings. The molecule has 0 amide bonds. The maximum atomic E-state index is 12.9. The zero-order valence-electron chi connectivity index (χ0n) is 50.2. The summed E-state index contributed by atoms with van der Waals surface area (Å²) in [5.41, 5.74) is 0. The van der Waals surface area contributed by atoms with Crippen molar-refractivity contribution in [1.82, 2.24) is 0 Å². The Morgan fingerprint density at radius 1 is 0.380 bits per heavy atom. The van der Waals surface area contributed by atoms with Crippen LogP contribution in [0.1, 0.15) is 194 Å². The van der Waals surface area contributed by atoms with Crippen LogP contribution >= 0.6 is 0 Å². The number of esters is 2. The normalized spacial score (nSPS) is 14.0. The second kappa shape index (κ2) is 58.8. The molecule has 0 heterocycles. The molecule has 0 bridgehead atoms. The summed E-state index contributed by atoms with van der Waals surface area (Å²) in [5, 5.41) is 9.71. The predicted molar refractivity (Wildman–Crippen MR) is 336 cm³/mol. The molecule has 0 aromatic carbocycles. The SMILES string of the molecule is CC/C=C\C/C=C\C/C=C\C/C=C\C/C=C\C/C=C\C/C=C\C/C=C\C/C=C\CCCC(=O)OC(COC(=O)CCCCCCCCCCC/C=C\C/C=C\C/C=C\C/C=C\C/C=C\CC)COC(OCC[N+](C)(C)C)C(=O)O. The zero-order valence-corrected chi connectivity index (χ0v) is 50.2. The number of carbonyl (C=O) groups is 3. The lowest BCUT2D eigenvalue weighted by Gasteiger charge is -2.25. The predicted octanol–water partition coefficient (Wildman–Crippen LogP) is 18.3. The van der Waals surface area contributed by atoms with Crippen molar-refractivity contribution in [3.8, 4) is 0 Å². The number of unbranched alkanes of at least 4 members (excludes halogenated alkanes) is 10. The molecule has 9 heteroatoms. The lowest BCUT2D eigenvalue weighted by Crippen LogP contribution is -2.40. The second-order valence-electron chi connectivity index (χ2n) is 20.5. The average molecular weight is 1090 g/mol. The number of rotatable bonds is 53. The minimum atomic E-state index is -1.54. The number of hydrogen-bond acceptors (Lipinski definition) is 7. The van der Waals surface area contributed by atoms with Crippen molar-refractivity contribution < 1.29 is 42.9 Å². The molecule has 79 heavy (non-hydrogen) atoms. The fourth-order valence-corrected chi connectivity index (χ4v) is 7.39. The van der Waals surface area contributed by atoms with Gasteiger partial charge in [-0.25, -0.2) is 4.79 Å².